The van der Waals surface area contributed by atoms with Crippen LogP contribution in [0.15, 0.2) is 0 Å². The molecule has 1 heterocycles. The van der Waals surface area contributed by atoms with Gasteiger partial charge in [0.15, 0.2) is 0 Å². The molecule has 1 saturated heterocycles. The molecular weight excluding hydrogens is 188 g/mol. The van der Waals surface area contributed by atoms with Crippen LogP contribution in [0.4, 0.5) is 0 Å². The number of rotatable bonds is 6. The second kappa shape index (κ2) is 6.46. The zero-order valence-electron chi connectivity index (χ0n) is 10.2. The largest absolute Gasteiger partial charge is 0.381 e. The molecule has 90 valence electrons. The lowest BCUT2D eigenvalue weighted by molar-refractivity contribution is 0.0452. The zero-order valence-corrected chi connectivity index (χ0v) is 10.2. The lowest BCUT2D eigenvalue weighted by Gasteiger charge is -2.34. The van der Waals surface area contributed by atoms with Gasteiger partial charge in [-0.3, -0.25) is 0 Å². The van der Waals surface area contributed by atoms with Crippen molar-refractivity contribution in [2.24, 2.45) is 11.7 Å². The molecule has 0 spiro atoms. The first kappa shape index (κ1) is 12.9. The van der Waals surface area contributed by atoms with Crippen LogP contribution in [0.2, 0.25) is 0 Å². The lowest BCUT2D eigenvalue weighted by Crippen LogP contribution is -2.47. The Hall–Kier alpha value is -0.120. The van der Waals surface area contributed by atoms with E-state index in [4.69, 9.17) is 10.5 Å². The summed E-state index contributed by atoms with van der Waals surface area (Å²) in [6, 6.07) is 0. The van der Waals surface area contributed by atoms with Gasteiger partial charge in [0.2, 0.25) is 0 Å². The predicted molar refractivity (Wildman–Crippen MR) is 63.9 cm³/mol. The van der Waals surface area contributed by atoms with Crippen molar-refractivity contribution in [1.82, 2.24) is 5.32 Å². The zero-order chi connectivity index (χ0) is 11.1. The molecule has 3 nitrogen and oxygen atoms in total. The average molecular weight is 214 g/mol. The molecule has 0 aromatic rings. The normalized spacial score (nSPS) is 22.6. The third-order valence-corrected chi connectivity index (χ3v) is 3.42. The Labute approximate surface area is 93.8 Å². The van der Waals surface area contributed by atoms with Crippen molar-refractivity contribution in [2.75, 3.05) is 26.3 Å². The summed E-state index contributed by atoms with van der Waals surface area (Å²) in [7, 11) is 0. The molecule has 0 amide bonds. The molecule has 0 aromatic carbocycles. The number of hydrogen-bond donors (Lipinski definition) is 2. The molecule has 1 rings (SSSR count). The first-order chi connectivity index (χ1) is 7.16. The molecule has 0 radical (unpaired) electrons. The van der Waals surface area contributed by atoms with E-state index < -0.39 is 0 Å². The standard InChI is InChI=1S/C12H26N2O/c1-11(10-13)4-3-7-14-12(2)5-8-15-9-6-12/h11,14H,3-10,13H2,1-2H3. The van der Waals surface area contributed by atoms with E-state index in [1.54, 1.807) is 0 Å². The maximum atomic E-state index is 5.59. The van der Waals surface area contributed by atoms with Gasteiger partial charge in [-0.05, 0) is 51.6 Å². The van der Waals surface area contributed by atoms with Crippen LogP contribution in [0, 0.1) is 5.92 Å². The SMILES string of the molecule is CC(CN)CCCNC1(C)CCOCC1. The minimum atomic E-state index is 0.310. The average Bonchev–Trinajstić information content (AvgIpc) is 2.25. The van der Waals surface area contributed by atoms with Gasteiger partial charge in [-0.2, -0.15) is 0 Å². The van der Waals surface area contributed by atoms with E-state index in [9.17, 15) is 0 Å². The third kappa shape index (κ3) is 4.96. The summed E-state index contributed by atoms with van der Waals surface area (Å²) in [5.74, 6) is 0.661. The first-order valence-electron chi connectivity index (χ1n) is 6.19. The molecule has 0 bridgehead atoms. The molecule has 3 N–H and O–H groups in total. The first-order valence-corrected chi connectivity index (χ1v) is 6.19. The van der Waals surface area contributed by atoms with Gasteiger partial charge in [0.05, 0.1) is 0 Å². The Morgan fingerprint density at radius 3 is 2.67 bits per heavy atom. The minimum Gasteiger partial charge on any atom is -0.381 e. The van der Waals surface area contributed by atoms with Gasteiger partial charge in [0, 0.05) is 18.8 Å². The second-order valence-corrected chi connectivity index (χ2v) is 5.08. The van der Waals surface area contributed by atoms with E-state index in [0.29, 0.717) is 11.5 Å². The van der Waals surface area contributed by atoms with Crippen LogP contribution >= 0.6 is 0 Å². The third-order valence-electron chi connectivity index (χ3n) is 3.42. The Kier molecular flexibility index (Phi) is 5.58. The molecule has 1 unspecified atom stereocenters. The summed E-state index contributed by atoms with van der Waals surface area (Å²) in [5.41, 5.74) is 5.90. The van der Waals surface area contributed by atoms with Crippen LogP contribution in [0.1, 0.15) is 39.5 Å². The van der Waals surface area contributed by atoms with Gasteiger partial charge in [0.25, 0.3) is 0 Å². The van der Waals surface area contributed by atoms with Gasteiger partial charge in [0.1, 0.15) is 0 Å². The number of ether oxygens (including phenoxy) is 1. The lowest BCUT2D eigenvalue weighted by atomic mass is 9.92. The van der Waals surface area contributed by atoms with E-state index >= 15 is 0 Å². The molecule has 1 aliphatic heterocycles. The van der Waals surface area contributed by atoms with Gasteiger partial charge in [-0.15, -0.1) is 0 Å². The van der Waals surface area contributed by atoms with Crippen LogP contribution in [0.5, 0.6) is 0 Å². The van der Waals surface area contributed by atoms with Gasteiger partial charge in [-0.25, -0.2) is 0 Å². The molecule has 3 heteroatoms. The van der Waals surface area contributed by atoms with Crippen LogP contribution in [0.25, 0.3) is 0 Å². The van der Waals surface area contributed by atoms with Crippen LogP contribution < -0.4 is 11.1 Å². The van der Waals surface area contributed by atoms with E-state index in [1.807, 2.05) is 0 Å². The molecule has 1 aliphatic rings. The molecule has 0 aliphatic carbocycles. The highest BCUT2D eigenvalue weighted by molar-refractivity contribution is 4.85. The van der Waals surface area contributed by atoms with E-state index in [0.717, 1.165) is 39.1 Å². The van der Waals surface area contributed by atoms with Gasteiger partial charge >= 0.3 is 0 Å². The Balaban J connectivity index is 2.08. The molecule has 0 saturated carbocycles. The smallest absolute Gasteiger partial charge is 0.0483 e. The number of nitrogens with two attached hydrogens (primary N) is 1. The van der Waals surface area contributed by atoms with Crippen molar-refractivity contribution < 1.29 is 4.74 Å². The van der Waals surface area contributed by atoms with Gasteiger partial charge in [-0.1, -0.05) is 6.92 Å². The van der Waals surface area contributed by atoms with Gasteiger partial charge < -0.3 is 15.8 Å². The minimum absolute atomic E-state index is 0.310. The summed E-state index contributed by atoms with van der Waals surface area (Å²) in [6.07, 6.45) is 4.74. The highest BCUT2D eigenvalue weighted by atomic mass is 16.5. The van der Waals surface area contributed by atoms with Crippen molar-refractivity contribution in [2.45, 2.75) is 45.1 Å². The fourth-order valence-electron chi connectivity index (χ4n) is 1.96. The Morgan fingerprint density at radius 2 is 2.07 bits per heavy atom. The van der Waals surface area contributed by atoms with E-state index in [-0.39, 0.29) is 0 Å². The summed E-state index contributed by atoms with van der Waals surface area (Å²) < 4.78 is 5.37. The molecular formula is C12H26N2O. The predicted octanol–water partition coefficient (Wildman–Crippen LogP) is 1.52. The Morgan fingerprint density at radius 1 is 1.40 bits per heavy atom. The monoisotopic (exact) mass is 214 g/mol. The van der Waals surface area contributed by atoms with Crippen molar-refractivity contribution >= 4 is 0 Å². The van der Waals surface area contributed by atoms with Crippen molar-refractivity contribution in [3.8, 4) is 0 Å². The van der Waals surface area contributed by atoms with Crippen molar-refractivity contribution in [3.05, 3.63) is 0 Å². The Bertz CT molecular complexity index is 167. The van der Waals surface area contributed by atoms with E-state index in [1.165, 1.54) is 12.8 Å². The summed E-state index contributed by atoms with van der Waals surface area (Å²) in [5, 5.41) is 3.66. The fourth-order valence-corrected chi connectivity index (χ4v) is 1.96. The summed E-state index contributed by atoms with van der Waals surface area (Å²) in [4.78, 5) is 0. The topological polar surface area (TPSA) is 47.3 Å². The quantitative estimate of drug-likeness (QED) is 0.659. The maximum absolute atomic E-state index is 5.59. The highest BCUT2D eigenvalue weighted by Gasteiger charge is 2.25. The van der Waals surface area contributed by atoms with Crippen molar-refractivity contribution in [1.29, 1.82) is 0 Å². The molecule has 0 aromatic heterocycles. The number of hydrogen-bond acceptors (Lipinski definition) is 3. The van der Waals surface area contributed by atoms with Crippen LogP contribution in [0.3, 0.4) is 0 Å². The maximum Gasteiger partial charge on any atom is 0.0483 e. The van der Waals surface area contributed by atoms with E-state index in [2.05, 4.69) is 19.2 Å². The summed E-state index contributed by atoms with van der Waals surface area (Å²) >= 11 is 0. The second-order valence-electron chi connectivity index (χ2n) is 5.08. The summed E-state index contributed by atoms with van der Waals surface area (Å²) in [6.45, 7) is 8.26. The van der Waals surface area contributed by atoms with Crippen LogP contribution in [-0.4, -0.2) is 31.8 Å². The molecule has 1 fully saturated rings. The highest BCUT2D eigenvalue weighted by Crippen LogP contribution is 2.19. The number of nitrogens with one attached hydrogen (secondary N) is 1. The molecule has 1 atom stereocenters. The van der Waals surface area contributed by atoms with Crippen molar-refractivity contribution in [3.63, 3.8) is 0 Å². The van der Waals surface area contributed by atoms with Crippen LogP contribution in [-0.2, 0) is 4.74 Å². The molecule has 15 heavy (non-hydrogen) atoms. The fraction of sp³-hybridized carbons (Fsp3) is 1.00.